The van der Waals surface area contributed by atoms with E-state index in [1.54, 1.807) is 0 Å². The predicted octanol–water partition coefficient (Wildman–Crippen LogP) is 3.71. The van der Waals surface area contributed by atoms with Gasteiger partial charge in [0.15, 0.2) is 0 Å². The molecule has 1 heterocycles. The standard InChI is InChI=1S/C18H26N2O/c1-4-5-11-17-13-18(12-15(2)3)19(20(17)21)14-16-9-7-6-8-10-16/h6-10,13,15H,4-5,11-12,14H2,1-3H3. The van der Waals surface area contributed by atoms with E-state index in [-0.39, 0.29) is 0 Å². The number of unbranched alkanes of at least 4 members (excludes halogenated alkanes) is 1. The summed E-state index contributed by atoms with van der Waals surface area (Å²) in [5.41, 5.74) is 3.23. The highest BCUT2D eigenvalue weighted by molar-refractivity contribution is 5.16. The fraction of sp³-hybridized carbons (Fsp3) is 0.500. The molecule has 1 aromatic heterocycles. The minimum absolute atomic E-state index is 0.549. The lowest BCUT2D eigenvalue weighted by molar-refractivity contribution is -0.701. The van der Waals surface area contributed by atoms with E-state index < -0.39 is 0 Å². The van der Waals surface area contributed by atoms with Crippen LogP contribution in [0.5, 0.6) is 0 Å². The zero-order valence-electron chi connectivity index (χ0n) is 13.4. The molecule has 0 N–H and O–H groups in total. The van der Waals surface area contributed by atoms with Crippen molar-refractivity contribution in [2.75, 3.05) is 0 Å². The molecular weight excluding hydrogens is 260 g/mol. The summed E-state index contributed by atoms with van der Waals surface area (Å²) in [6.45, 7) is 7.20. The van der Waals surface area contributed by atoms with Crippen molar-refractivity contribution in [2.45, 2.75) is 53.0 Å². The summed E-state index contributed by atoms with van der Waals surface area (Å²) in [4.78, 5) is 1.11. The van der Waals surface area contributed by atoms with Gasteiger partial charge in [0.25, 0.3) is 0 Å². The largest absolute Gasteiger partial charge is 0.596 e. The van der Waals surface area contributed by atoms with Gasteiger partial charge in [-0.25, -0.2) is 0 Å². The molecule has 3 nitrogen and oxygen atoms in total. The monoisotopic (exact) mass is 286 g/mol. The molecule has 0 saturated heterocycles. The van der Waals surface area contributed by atoms with Gasteiger partial charge in [0, 0.05) is 12.5 Å². The Labute approximate surface area is 127 Å². The average molecular weight is 286 g/mol. The molecule has 0 aliphatic carbocycles. The molecule has 0 fully saturated rings. The Balaban J connectivity index is 2.29. The van der Waals surface area contributed by atoms with Crippen LogP contribution in [0.2, 0.25) is 0 Å². The van der Waals surface area contributed by atoms with Crippen LogP contribution in [0.4, 0.5) is 0 Å². The second kappa shape index (κ2) is 7.30. The Bertz CT molecular complexity index is 558. The van der Waals surface area contributed by atoms with Crippen molar-refractivity contribution < 1.29 is 4.85 Å². The van der Waals surface area contributed by atoms with Crippen LogP contribution in [-0.4, -0.2) is 4.68 Å². The molecule has 0 amide bonds. The van der Waals surface area contributed by atoms with E-state index in [1.807, 2.05) is 22.9 Å². The van der Waals surface area contributed by atoms with E-state index in [4.69, 9.17) is 0 Å². The third kappa shape index (κ3) is 4.10. The van der Waals surface area contributed by atoms with Crippen LogP contribution >= 0.6 is 0 Å². The molecule has 0 aliphatic rings. The molecule has 1 aromatic carbocycles. The Kier molecular flexibility index (Phi) is 5.43. The molecule has 2 rings (SSSR count). The molecule has 0 aliphatic heterocycles. The van der Waals surface area contributed by atoms with Crippen LogP contribution in [-0.2, 0) is 19.4 Å². The van der Waals surface area contributed by atoms with E-state index in [0.717, 1.165) is 41.9 Å². The quantitative estimate of drug-likeness (QED) is 0.564. The predicted molar refractivity (Wildman–Crippen MR) is 86.1 cm³/mol. The lowest BCUT2D eigenvalue weighted by Crippen LogP contribution is -2.41. The van der Waals surface area contributed by atoms with Gasteiger partial charge in [-0.15, -0.1) is 4.68 Å². The van der Waals surface area contributed by atoms with Gasteiger partial charge in [0.1, 0.15) is 6.54 Å². The second-order valence-electron chi connectivity index (χ2n) is 6.14. The van der Waals surface area contributed by atoms with Crippen LogP contribution in [0.25, 0.3) is 0 Å². The Morgan fingerprint density at radius 1 is 1.19 bits per heavy atom. The molecule has 21 heavy (non-hydrogen) atoms. The van der Waals surface area contributed by atoms with Gasteiger partial charge in [0.2, 0.25) is 5.69 Å². The second-order valence-corrected chi connectivity index (χ2v) is 6.14. The van der Waals surface area contributed by atoms with Crippen molar-refractivity contribution >= 4 is 0 Å². The third-order valence-electron chi connectivity index (χ3n) is 3.71. The lowest BCUT2D eigenvalue weighted by Gasteiger charge is -2.10. The van der Waals surface area contributed by atoms with E-state index in [9.17, 15) is 5.21 Å². The van der Waals surface area contributed by atoms with Gasteiger partial charge in [0.05, 0.1) is 5.69 Å². The summed E-state index contributed by atoms with van der Waals surface area (Å²) in [5, 5.41) is 12.6. The number of rotatable bonds is 7. The molecular formula is C18H26N2O. The highest BCUT2D eigenvalue weighted by Crippen LogP contribution is 2.13. The molecule has 3 heteroatoms. The van der Waals surface area contributed by atoms with E-state index in [2.05, 4.69) is 39.0 Å². The van der Waals surface area contributed by atoms with Crippen LogP contribution in [0.15, 0.2) is 36.4 Å². The smallest absolute Gasteiger partial charge is 0.221 e. The van der Waals surface area contributed by atoms with E-state index in [0.29, 0.717) is 12.5 Å². The number of hydrogen-bond acceptors (Lipinski definition) is 1. The summed E-state index contributed by atoms with van der Waals surface area (Å²) in [7, 11) is 0. The first-order valence-electron chi connectivity index (χ1n) is 7.96. The molecule has 114 valence electrons. The maximum atomic E-state index is 12.6. The Hall–Kier alpha value is -1.77. The molecule has 0 spiro atoms. The van der Waals surface area contributed by atoms with Crippen molar-refractivity contribution in [3.63, 3.8) is 0 Å². The van der Waals surface area contributed by atoms with Crippen LogP contribution in [0.1, 0.15) is 50.6 Å². The number of hydrogen-bond donors (Lipinski definition) is 0. The summed E-state index contributed by atoms with van der Waals surface area (Å²) in [6, 6.07) is 12.3. The van der Waals surface area contributed by atoms with Crippen LogP contribution in [0, 0.1) is 11.1 Å². The van der Waals surface area contributed by atoms with Gasteiger partial charge in [-0.05, 0) is 24.3 Å². The van der Waals surface area contributed by atoms with Crippen molar-refractivity contribution in [2.24, 2.45) is 5.92 Å². The van der Waals surface area contributed by atoms with E-state index in [1.165, 1.54) is 5.56 Å². The van der Waals surface area contributed by atoms with Gasteiger partial charge in [-0.3, -0.25) is 0 Å². The average Bonchev–Trinajstić information content (AvgIpc) is 2.74. The van der Waals surface area contributed by atoms with Crippen LogP contribution < -0.4 is 4.85 Å². The third-order valence-corrected chi connectivity index (χ3v) is 3.71. The number of nitrogens with zero attached hydrogens (tertiary/aromatic N) is 2. The van der Waals surface area contributed by atoms with Crippen molar-refractivity contribution in [3.8, 4) is 0 Å². The van der Waals surface area contributed by atoms with Gasteiger partial charge in [-0.2, -0.15) is 0 Å². The van der Waals surface area contributed by atoms with Gasteiger partial charge in [-0.1, -0.05) is 62.4 Å². The first-order valence-corrected chi connectivity index (χ1v) is 7.96. The van der Waals surface area contributed by atoms with Gasteiger partial charge < -0.3 is 5.21 Å². The SMILES string of the molecule is CCCCc1cc(CC(C)C)n(Cc2ccccc2)[n+]1[O-]. The van der Waals surface area contributed by atoms with Crippen molar-refractivity contribution in [1.82, 2.24) is 4.68 Å². The molecule has 0 radical (unpaired) electrons. The maximum absolute atomic E-state index is 12.6. The zero-order chi connectivity index (χ0) is 15.2. The van der Waals surface area contributed by atoms with Gasteiger partial charge >= 0.3 is 0 Å². The molecule has 0 unspecified atom stereocenters. The summed E-state index contributed by atoms with van der Waals surface area (Å²) >= 11 is 0. The Morgan fingerprint density at radius 3 is 2.52 bits per heavy atom. The molecule has 0 saturated carbocycles. The Morgan fingerprint density at radius 2 is 1.90 bits per heavy atom. The lowest BCUT2D eigenvalue weighted by atomic mass is 10.1. The van der Waals surface area contributed by atoms with E-state index >= 15 is 0 Å². The van der Waals surface area contributed by atoms with Crippen molar-refractivity contribution in [3.05, 3.63) is 58.6 Å². The fourth-order valence-electron chi connectivity index (χ4n) is 2.62. The number of aromatic nitrogens is 2. The normalized spacial score (nSPS) is 11.2. The minimum Gasteiger partial charge on any atom is -0.596 e. The topological polar surface area (TPSA) is 31.9 Å². The summed E-state index contributed by atoms with van der Waals surface area (Å²) in [5.74, 6) is 0.549. The fourth-order valence-corrected chi connectivity index (χ4v) is 2.62. The number of aryl methyl sites for hydroxylation is 1. The molecule has 2 aromatic rings. The first kappa shape index (κ1) is 15.6. The van der Waals surface area contributed by atoms with Crippen LogP contribution in [0.3, 0.4) is 0 Å². The zero-order valence-corrected chi connectivity index (χ0v) is 13.4. The van der Waals surface area contributed by atoms with Crippen molar-refractivity contribution in [1.29, 1.82) is 0 Å². The molecule has 0 atom stereocenters. The molecule has 0 bridgehead atoms. The highest BCUT2D eigenvalue weighted by Gasteiger charge is 2.19. The number of benzene rings is 1. The summed E-state index contributed by atoms with van der Waals surface area (Å²) < 4.78 is 1.89. The maximum Gasteiger partial charge on any atom is 0.221 e. The minimum atomic E-state index is 0.549. The summed E-state index contributed by atoms with van der Waals surface area (Å²) in [6.07, 6.45) is 4.00. The first-order chi connectivity index (χ1) is 10.1. The highest BCUT2D eigenvalue weighted by atomic mass is 16.5.